The number of hydrogen-bond donors (Lipinski definition) is 4. The molecule has 0 aromatic heterocycles. The average molecular weight is 256 g/mol. The zero-order valence-electron chi connectivity index (χ0n) is 8.12. The first kappa shape index (κ1) is 14.8. The Kier molecular flexibility index (Phi) is 5.88. The molecule has 0 spiro atoms. The van der Waals surface area contributed by atoms with Crippen LogP contribution < -0.4 is 11.2 Å². The van der Waals surface area contributed by atoms with Gasteiger partial charge in [0.05, 0.1) is 6.42 Å². The van der Waals surface area contributed by atoms with Crippen molar-refractivity contribution in [3.05, 3.63) is 0 Å². The number of carboxylic acid groups (broad SMARTS) is 1. The molecule has 9 nitrogen and oxygen atoms in total. The summed E-state index contributed by atoms with van der Waals surface area (Å²) in [6.07, 6.45) is -1.08. The van der Waals surface area contributed by atoms with Crippen LogP contribution >= 0.6 is 0 Å². The molecule has 1 unspecified atom stereocenters. The first-order valence-corrected chi connectivity index (χ1v) is 5.61. The van der Waals surface area contributed by atoms with Crippen molar-refractivity contribution in [2.75, 3.05) is 13.1 Å². The second-order valence-electron chi connectivity index (χ2n) is 2.71. The maximum absolute atomic E-state index is 11.1. The van der Waals surface area contributed by atoms with Gasteiger partial charge in [0.2, 0.25) is 0 Å². The highest BCUT2D eigenvalue weighted by atomic mass is 32.2. The Hall–Kier alpha value is -1.23. The molecule has 0 aliphatic rings. The summed E-state index contributed by atoms with van der Waals surface area (Å²) >= 11 is 0. The van der Waals surface area contributed by atoms with Crippen LogP contribution in [0, 0.1) is 0 Å². The largest absolute Gasteiger partial charge is 0.481 e. The van der Waals surface area contributed by atoms with Crippen LogP contribution in [0.1, 0.15) is 6.42 Å². The third-order valence-electron chi connectivity index (χ3n) is 1.40. The number of nitrogens with two attached hydrogens (primary N) is 1. The van der Waals surface area contributed by atoms with Crippen molar-refractivity contribution in [2.24, 2.45) is 5.73 Å². The van der Waals surface area contributed by atoms with E-state index in [1.807, 2.05) is 5.48 Å². The molecule has 0 heterocycles. The predicted molar refractivity (Wildman–Crippen MR) is 50.7 cm³/mol. The standard InChI is InChI=1S/C6H12N2O7S/c7-1-2-8-15-6(11)4(3-5(9)10)16(12,13)14/h4,8H,1-3,7H2,(H,9,10)(H,12,13,14). The molecule has 0 radical (unpaired) electrons. The lowest BCUT2D eigenvalue weighted by Gasteiger charge is -2.10. The van der Waals surface area contributed by atoms with Crippen molar-refractivity contribution in [1.29, 1.82) is 0 Å². The molecule has 0 fully saturated rings. The second-order valence-corrected chi connectivity index (χ2v) is 4.30. The van der Waals surface area contributed by atoms with E-state index in [9.17, 15) is 18.0 Å². The predicted octanol–water partition coefficient (Wildman–Crippen LogP) is -2.28. The van der Waals surface area contributed by atoms with Gasteiger partial charge in [0.15, 0.2) is 5.25 Å². The average Bonchev–Trinajstić information content (AvgIpc) is 2.12. The molecular weight excluding hydrogens is 244 g/mol. The van der Waals surface area contributed by atoms with E-state index in [0.717, 1.165) is 0 Å². The molecule has 0 aliphatic carbocycles. The van der Waals surface area contributed by atoms with E-state index in [1.165, 1.54) is 0 Å². The molecule has 0 saturated carbocycles. The van der Waals surface area contributed by atoms with Gasteiger partial charge in [-0.25, -0.2) is 4.79 Å². The molecule has 10 heteroatoms. The fraction of sp³-hybridized carbons (Fsp3) is 0.667. The summed E-state index contributed by atoms with van der Waals surface area (Å²) in [6.45, 7) is 0.194. The van der Waals surface area contributed by atoms with E-state index in [1.54, 1.807) is 0 Å². The van der Waals surface area contributed by atoms with Crippen LogP contribution in [0.15, 0.2) is 0 Å². The monoisotopic (exact) mass is 256 g/mol. The molecule has 94 valence electrons. The number of carbonyl (C=O) groups excluding carboxylic acids is 1. The van der Waals surface area contributed by atoms with Crippen LogP contribution in [-0.4, -0.2) is 48.4 Å². The Bertz CT molecular complexity index is 352. The zero-order valence-corrected chi connectivity index (χ0v) is 8.94. The number of rotatable bonds is 7. The van der Waals surface area contributed by atoms with Crippen molar-refractivity contribution in [3.8, 4) is 0 Å². The summed E-state index contributed by atoms with van der Waals surface area (Å²) in [5, 5.41) is 6.19. The van der Waals surface area contributed by atoms with Gasteiger partial charge in [0.1, 0.15) is 0 Å². The van der Waals surface area contributed by atoms with Gasteiger partial charge in [0, 0.05) is 13.1 Å². The van der Waals surface area contributed by atoms with Gasteiger partial charge in [-0.1, -0.05) is 0 Å². The molecule has 5 N–H and O–H groups in total. The fourth-order valence-corrected chi connectivity index (χ4v) is 1.36. The Balaban J connectivity index is 4.52. The maximum atomic E-state index is 11.1. The Morgan fingerprint density at radius 3 is 2.38 bits per heavy atom. The van der Waals surface area contributed by atoms with Gasteiger partial charge in [-0.15, -0.1) is 0 Å². The number of aliphatic carboxylic acids is 1. The Morgan fingerprint density at radius 2 is 2.00 bits per heavy atom. The number of hydroxylamine groups is 1. The molecule has 0 rings (SSSR count). The number of carbonyl (C=O) groups is 2. The summed E-state index contributed by atoms with van der Waals surface area (Å²) < 4.78 is 30.0. The first-order valence-electron chi connectivity index (χ1n) is 4.10. The normalized spacial score (nSPS) is 13.1. The highest BCUT2D eigenvalue weighted by Crippen LogP contribution is 2.06. The first-order chi connectivity index (χ1) is 7.29. The second kappa shape index (κ2) is 6.37. The maximum Gasteiger partial charge on any atom is 0.346 e. The smallest absolute Gasteiger partial charge is 0.346 e. The third kappa shape index (κ3) is 5.60. The van der Waals surface area contributed by atoms with Gasteiger partial charge in [-0.3, -0.25) is 9.35 Å². The quantitative estimate of drug-likeness (QED) is 0.224. The lowest BCUT2D eigenvalue weighted by atomic mass is 10.3. The van der Waals surface area contributed by atoms with Crippen molar-refractivity contribution in [1.82, 2.24) is 5.48 Å². The molecule has 0 bridgehead atoms. The van der Waals surface area contributed by atoms with Crippen LogP contribution in [0.4, 0.5) is 0 Å². The van der Waals surface area contributed by atoms with E-state index in [-0.39, 0.29) is 13.1 Å². The molecular formula is C6H12N2O7S. The van der Waals surface area contributed by atoms with Crippen LogP contribution in [0.5, 0.6) is 0 Å². The van der Waals surface area contributed by atoms with Gasteiger partial charge in [0.25, 0.3) is 10.1 Å². The summed E-state index contributed by atoms with van der Waals surface area (Å²) in [4.78, 5) is 25.5. The summed E-state index contributed by atoms with van der Waals surface area (Å²) in [7, 11) is -4.82. The van der Waals surface area contributed by atoms with Crippen molar-refractivity contribution in [2.45, 2.75) is 11.7 Å². The Morgan fingerprint density at radius 1 is 1.44 bits per heavy atom. The summed E-state index contributed by atoms with van der Waals surface area (Å²) in [5.74, 6) is -2.96. The number of nitrogens with one attached hydrogen (secondary N) is 1. The fourth-order valence-electron chi connectivity index (χ4n) is 0.716. The molecule has 1 atom stereocenters. The molecule has 0 aromatic carbocycles. The van der Waals surface area contributed by atoms with E-state index < -0.39 is 33.7 Å². The van der Waals surface area contributed by atoms with Crippen LogP contribution in [0.25, 0.3) is 0 Å². The number of hydrogen-bond acceptors (Lipinski definition) is 7. The molecule has 0 amide bonds. The highest BCUT2D eigenvalue weighted by Gasteiger charge is 2.35. The molecule has 0 aromatic rings. The zero-order chi connectivity index (χ0) is 12.8. The highest BCUT2D eigenvalue weighted by molar-refractivity contribution is 7.87. The molecule has 0 saturated heterocycles. The van der Waals surface area contributed by atoms with Gasteiger partial charge >= 0.3 is 11.9 Å². The molecule has 16 heavy (non-hydrogen) atoms. The van der Waals surface area contributed by atoms with Gasteiger partial charge < -0.3 is 15.7 Å². The molecule has 0 aliphatic heterocycles. The van der Waals surface area contributed by atoms with Crippen LogP contribution in [0.2, 0.25) is 0 Å². The van der Waals surface area contributed by atoms with E-state index in [2.05, 4.69) is 4.84 Å². The van der Waals surface area contributed by atoms with Crippen LogP contribution in [-0.2, 0) is 24.5 Å². The van der Waals surface area contributed by atoms with Crippen LogP contribution in [0.3, 0.4) is 0 Å². The van der Waals surface area contributed by atoms with Gasteiger partial charge in [-0.2, -0.15) is 13.9 Å². The lowest BCUT2D eigenvalue weighted by Crippen LogP contribution is -2.38. The summed E-state index contributed by atoms with van der Waals surface area (Å²) in [5.41, 5.74) is 7.06. The van der Waals surface area contributed by atoms with Crippen molar-refractivity contribution >= 4 is 22.1 Å². The Labute approximate surface area is 91.3 Å². The lowest BCUT2D eigenvalue weighted by molar-refractivity contribution is -0.153. The number of carboxylic acids is 1. The summed E-state index contributed by atoms with van der Waals surface area (Å²) in [6, 6.07) is 0. The van der Waals surface area contributed by atoms with E-state index in [4.69, 9.17) is 15.4 Å². The van der Waals surface area contributed by atoms with E-state index in [0.29, 0.717) is 0 Å². The minimum absolute atomic E-state index is 0.0665. The topological polar surface area (TPSA) is 156 Å². The van der Waals surface area contributed by atoms with Crippen molar-refractivity contribution < 1.29 is 32.5 Å². The minimum Gasteiger partial charge on any atom is -0.481 e. The minimum atomic E-state index is -4.82. The van der Waals surface area contributed by atoms with E-state index >= 15 is 0 Å². The van der Waals surface area contributed by atoms with Gasteiger partial charge in [-0.05, 0) is 0 Å². The van der Waals surface area contributed by atoms with Crippen molar-refractivity contribution in [3.63, 3.8) is 0 Å². The SMILES string of the molecule is NCCNOC(=O)C(CC(=O)O)S(=O)(=O)O. The third-order valence-corrected chi connectivity index (χ3v) is 2.48.